The van der Waals surface area contributed by atoms with Crippen LogP contribution in [0, 0.1) is 0 Å². The van der Waals surface area contributed by atoms with Gasteiger partial charge in [0.1, 0.15) is 42.7 Å². The van der Waals surface area contributed by atoms with E-state index in [1.165, 1.54) is 83.5 Å². The molecule has 6 unspecified atom stereocenters. The highest BCUT2D eigenvalue weighted by molar-refractivity contribution is 7.47. The first-order valence-corrected chi connectivity index (χ1v) is 25.5. The van der Waals surface area contributed by atoms with Gasteiger partial charge >= 0.3 is 13.8 Å². The number of phosphoric acid groups is 1. The van der Waals surface area contributed by atoms with Crippen LogP contribution in [0.15, 0.2) is 48.6 Å². The molecule has 0 heterocycles. The lowest BCUT2D eigenvalue weighted by Gasteiger charge is -2.41. The molecular weight excluding hydrogens is 799 g/mol. The fourth-order valence-electron chi connectivity index (χ4n) is 7.13. The molecule has 0 aromatic heterocycles. The van der Waals surface area contributed by atoms with Crippen LogP contribution < -0.4 is 0 Å². The summed E-state index contributed by atoms with van der Waals surface area (Å²) in [5.74, 6) is -0.495. The predicted octanol–water partition coefficient (Wildman–Crippen LogP) is 10.0. The van der Waals surface area contributed by atoms with Crippen molar-refractivity contribution in [3.05, 3.63) is 48.6 Å². The lowest BCUT2D eigenvalue weighted by atomic mass is 9.85. The number of phosphoric ester groups is 1. The van der Waals surface area contributed by atoms with E-state index in [1.54, 1.807) is 0 Å². The van der Waals surface area contributed by atoms with Gasteiger partial charge in [0.15, 0.2) is 0 Å². The van der Waals surface area contributed by atoms with Crippen LogP contribution >= 0.6 is 7.82 Å². The van der Waals surface area contributed by atoms with Crippen LogP contribution in [0.3, 0.4) is 0 Å². The number of allylic oxidation sites excluding steroid dienone is 8. The summed E-state index contributed by atoms with van der Waals surface area (Å²) in [6.45, 7) is 4.12. The van der Waals surface area contributed by atoms with E-state index in [0.29, 0.717) is 13.0 Å². The average Bonchev–Trinajstić information content (AvgIpc) is 3.24. The Balaban J connectivity index is 2.38. The highest BCUT2D eigenvalue weighted by Crippen LogP contribution is 2.47. The molecule has 0 spiro atoms. The SMILES string of the molecule is CC/C=C\C/C=C\C/C=C\CCCCCCCC(=O)OC(COCCCCCCCCCC/C=C\CCCCCCCCC)COP(=O)(O)OC1C(O)C(O)C(O)C(O)C1O. The molecule has 0 saturated heterocycles. The number of ether oxygens (including phenoxy) is 2. The van der Waals surface area contributed by atoms with Crippen LogP contribution in [-0.2, 0) is 27.9 Å². The summed E-state index contributed by atoms with van der Waals surface area (Å²) in [4.78, 5) is 23.2. The van der Waals surface area contributed by atoms with Crippen molar-refractivity contribution in [1.82, 2.24) is 0 Å². The van der Waals surface area contributed by atoms with Gasteiger partial charge in [-0.05, 0) is 70.6 Å². The van der Waals surface area contributed by atoms with Gasteiger partial charge in [0, 0.05) is 13.0 Å². The van der Waals surface area contributed by atoms with Crippen LogP contribution in [0.25, 0.3) is 0 Å². The molecule has 0 bridgehead atoms. The molecule has 1 aliphatic carbocycles. The van der Waals surface area contributed by atoms with E-state index in [4.69, 9.17) is 18.5 Å². The summed E-state index contributed by atoms with van der Waals surface area (Å²) in [6.07, 6.45) is 34.6. The van der Waals surface area contributed by atoms with Gasteiger partial charge in [-0.3, -0.25) is 13.8 Å². The second kappa shape index (κ2) is 38.7. The Labute approximate surface area is 369 Å². The number of carbonyl (C=O) groups excluding carboxylic acids is 1. The van der Waals surface area contributed by atoms with Crippen molar-refractivity contribution in [1.29, 1.82) is 0 Å². The molecule has 0 aromatic carbocycles. The summed E-state index contributed by atoms with van der Waals surface area (Å²) < 4.78 is 34.2. The second-order valence-electron chi connectivity index (χ2n) is 16.6. The Hall–Kier alpha value is -1.70. The molecule has 1 aliphatic rings. The molecule has 0 aliphatic heterocycles. The van der Waals surface area contributed by atoms with Crippen LogP contribution in [0.4, 0.5) is 0 Å². The van der Waals surface area contributed by atoms with Gasteiger partial charge in [0.2, 0.25) is 0 Å². The highest BCUT2D eigenvalue weighted by atomic mass is 31.2. The summed E-state index contributed by atoms with van der Waals surface area (Å²) in [7, 11) is -5.03. The Morgan fingerprint density at radius 2 is 0.967 bits per heavy atom. The zero-order valence-corrected chi connectivity index (χ0v) is 38.8. The first-order valence-electron chi connectivity index (χ1n) is 24.0. The van der Waals surface area contributed by atoms with Gasteiger partial charge in [-0.1, -0.05) is 159 Å². The van der Waals surface area contributed by atoms with Gasteiger partial charge in [0.05, 0.1) is 13.2 Å². The minimum Gasteiger partial charge on any atom is -0.457 e. The molecule has 0 amide bonds. The number of rotatable bonds is 40. The lowest BCUT2D eigenvalue weighted by Crippen LogP contribution is -2.64. The first-order chi connectivity index (χ1) is 29.5. The molecule has 1 fully saturated rings. The lowest BCUT2D eigenvalue weighted by molar-refractivity contribution is -0.220. The molecule has 61 heavy (non-hydrogen) atoms. The van der Waals surface area contributed by atoms with E-state index in [1.807, 2.05) is 0 Å². The van der Waals surface area contributed by atoms with Gasteiger partial charge in [-0.15, -0.1) is 0 Å². The quantitative estimate of drug-likeness (QED) is 0.0148. The number of aliphatic hydroxyl groups is 5. The zero-order valence-electron chi connectivity index (χ0n) is 38.0. The van der Waals surface area contributed by atoms with Crippen LogP contribution in [-0.4, -0.2) is 98.9 Å². The highest BCUT2D eigenvalue weighted by Gasteiger charge is 2.51. The Morgan fingerprint density at radius 1 is 0.541 bits per heavy atom. The zero-order chi connectivity index (χ0) is 44.8. The average molecular weight is 887 g/mol. The molecule has 6 atom stereocenters. The van der Waals surface area contributed by atoms with E-state index in [9.17, 15) is 39.8 Å². The summed E-state index contributed by atoms with van der Waals surface area (Å²) >= 11 is 0. The minimum atomic E-state index is -5.03. The molecular formula is C48H87O12P. The second-order valence-corrected chi connectivity index (χ2v) is 18.0. The molecule has 13 heteroatoms. The maximum atomic E-state index is 12.8. The van der Waals surface area contributed by atoms with Crippen molar-refractivity contribution in [2.24, 2.45) is 0 Å². The summed E-state index contributed by atoms with van der Waals surface area (Å²) in [5.41, 5.74) is 0. The van der Waals surface area contributed by atoms with E-state index < -0.39 is 63.1 Å². The number of unbranched alkanes of at least 4 members (excludes halogenated alkanes) is 20. The van der Waals surface area contributed by atoms with E-state index in [2.05, 4.69) is 62.5 Å². The van der Waals surface area contributed by atoms with Crippen molar-refractivity contribution < 1.29 is 58.3 Å². The maximum absolute atomic E-state index is 12.8. The number of esters is 1. The van der Waals surface area contributed by atoms with Gasteiger partial charge in [0.25, 0.3) is 0 Å². The Kier molecular flexibility index (Phi) is 36.4. The smallest absolute Gasteiger partial charge is 0.457 e. The fourth-order valence-corrected chi connectivity index (χ4v) is 8.10. The number of hydrogen-bond acceptors (Lipinski definition) is 11. The number of carbonyl (C=O) groups is 1. The van der Waals surface area contributed by atoms with Crippen molar-refractivity contribution in [3.63, 3.8) is 0 Å². The van der Waals surface area contributed by atoms with E-state index in [-0.39, 0.29) is 13.0 Å². The molecule has 356 valence electrons. The van der Waals surface area contributed by atoms with Crippen molar-refractivity contribution in [2.75, 3.05) is 19.8 Å². The topological polar surface area (TPSA) is 192 Å². The first kappa shape index (κ1) is 57.3. The largest absolute Gasteiger partial charge is 0.472 e. The van der Waals surface area contributed by atoms with Crippen LogP contribution in [0.2, 0.25) is 0 Å². The third kappa shape index (κ3) is 30.9. The Bertz CT molecular complexity index is 1190. The normalized spacial score (nSPS) is 22.6. The van der Waals surface area contributed by atoms with Gasteiger partial charge in [-0.2, -0.15) is 0 Å². The predicted molar refractivity (Wildman–Crippen MR) is 244 cm³/mol. The van der Waals surface area contributed by atoms with Crippen LogP contribution in [0.5, 0.6) is 0 Å². The van der Waals surface area contributed by atoms with Crippen molar-refractivity contribution in [3.8, 4) is 0 Å². The van der Waals surface area contributed by atoms with Crippen LogP contribution in [0.1, 0.15) is 187 Å². The summed E-state index contributed by atoms with van der Waals surface area (Å²) in [6, 6.07) is 0. The monoisotopic (exact) mass is 887 g/mol. The van der Waals surface area contributed by atoms with E-state index >= 15 is 0 Å². The fraction of sp³-hybridized carbons (Fsp3) is 0.812. The van der Waals surface area contributed by atoms with Gasteiger partial charge in [-0.25, -0.2) is 4.57 Å². The Morgan fingerprint density at radius 3 is 1.49 bits per heavy atom. The van der Waals surface area contributed by atoms with Gasteiger partial charge < -0.3 is 39.9 Å². The third-order valence-electron chi connectivity index (χ3n) is 10.9. The number of aliphatic hydroxyl groups excluding tert-OH is 5. The van der Waals surface area contributed by atoms with Crippen molar-refractivity contribution in [2.45, 2.75) is 230 Å². The van der Waals surface area contributed by atoms with E-state index in [0.717, 1.165) is 77.0 Å². The molecule has 0 aromatic rings. The number of hydrogen-bond donors (Lipinski definition) is 6. The standard InChI is InChI=1S/C48H87O12P/c1-3-5-7-9-11-13-15-17-19-20-21-22-24-26-28-30-32-34-36-38-57-39-41(40-58-61(55,56)60-48-46(53)44(51)43(50)45(52)47(48)54)59-42(49)37-35-33-31-29-27-25-23-18-16-14-12-10-8-6-4-2/h6,8,12,14,18-20,23,41,43-48,50-54H,3-5,7,9-11,13,15-17,21-22,24-40H2,1-2H3,(H,55,56)/b8-6-,14-12-,20-19-,23-18-. The molecule has 1 saturated carbocycles. The molecule has 12 nitrogen and oxygen atoms in total. The molecule has 1 rings (SSSR count). The third-order valence-corrected chi connectivity index (χ3v) is 11.9. The minimum absolute atomic E-state index is 0.0866. The maximum Gasteiger partial charge on any atom is 0.472 e. The molecule has 6 N–H and O–H groups in total. The summed E-state index contributed by atoms with van der Waals surface area (Å²) in [5, 5.41) is 50.2. The molecule has 0 radical (unpaired) electrons. The van der Waals surface area contributed by atoms with Crippen molar-refractivity contribution >= 4 is 13.8 Å².